The first-order chi connectivity index (χ1) is 34.5. The fourth-order valence-electron chi connectivity index (χ4n) is 11.7. The molecular weight excluding hydrogens is 904 g/mol. The van der Waals surface area contributed by atoms with Gasteiger partial charge < -0.3 is 19.4 Å². The average Bonchev–Trinajstić information content (AvgIpc) is 3.93. The maximum absolute atomic E-state index is 7.06. The molecule has 0 saturated heterocycles. The molecule has 4 nitrogen and oxygen atoms in total. The van der Waals surface area contributed by atoms with Gasteiger partial charge in [0, 0.05) is 76.6 Å². The first-order valence-electron chi connectivity index (χ1n) is 24.8. The quantitative estimate of drug-likeness (QED) is 0.174. The number of rotatable bonds is 5. The summed E-state index contributed by atoms with van der Waals surface area (Å²) in [5, 5.41) is 8.79. The number of anilines is 5. The van der Waals surface area contributed by atoms with Crippen molar-refractivity contribution in [1.29, 1.82) is 0 Å². The van der Waals surface area contributed by atoms with E-state index in [-0.39, 0.29) is 10.8 Å². The van der Waals surface area contributed by atoms with E-state index in [0.29, 0.717) is 0 Å². The molecule has 3 aliphatic rings. The van der Waals surface area contributed by atoms with Gasteiger partial charge in [-0.1, -0.05) is 141 Å². The van der Waals surface area contributed by atoms with Gasteiger partial charge in [-0.3, -0.25) is 0 Å². The predicted octanol–water partition coefficient (Wildman–Crippen LogP) is 17.7. The molecule has 2 aromatic heterocycles. The maximum atomic E-state index is 7.06. The Labute approximate surface area is 423 Å². The van der Waals surface area contributed by atoms with Crippen LogP contribution in [0.25, 0.3) is 64.4 Å². The summed E-state index contributed by atoms with van der Waals surface area (Å²) in [5.41, 5.74) is 19.4. The number of hydrogen-bond donors (Lipinski definition) is 1. The van der Waals surface area contributed by atoms with Crippen LogP contribution < -0.4 is 25.9 Å². The van der Waals surface area contributed by atoms with Crippen molar-refractivity contribution in [3.8, 4) is 33.8 Å². The molecule has 2 aliphatic heterocycles. The topological polar surface area (TPSA) is 37.6 Å². The molecule has 9 aromatic carbocycles. The highest BCUT2D eigenvalue weighted by Crippen LogP contribution is 2.54. The molecule has 0 amide bonds. The molecule has 71 heavy (non-hydrogen) atoms. The highest BCUT2D eigenvalue weighted by Gasteiger charge is 2.40. The summed E-state index contributed by atoms with van der Waals surface area (Å²) in [6.45, 7) is 14.2. The summed E-state index contributed by atoms with van der Waals surface area (Å²) in [5.74, 6) is 1.76. The van der Waals surface area contributed by atoms with E-state index in [1.165, 1.54) is 53.7 Å². The van der Waals surface area contributed by atoms with Crippen LogP contribution in [-0.2, 0) is 10.8 Å². The molecule has 0 spiro atoms. The zero-order valence-electron chi connectivity index (χ0n) is 40.7. The Balaban J connectivity index is 1.09. The third-order valence-corrected chi connectivity index (χ3v) is 17.8. The summed E-state index contributed by atoms with van der Waals surface area (Å²) >= 11 is 3.64. The van der Waals surface area contributed by atoms with Gasteiger partial charge in [0.15, 0.2) is 7.28 Å². The second-order valence-electron chi connectivity index (χ2n) is 21.1. The predicted molar refractivity (Wildman–Crippen MR) is 302 cm³/mol. The first-order valence-corrected chi connectivity index (χ1v) is 26.4. The molecule has 343 valence electrons. The summed E-state index contributed by atoms with van der Waals surface area (Å²) < 4.78 is 16.4. The largest absolute Gasteiger partial charge is 0.456 e. The van der Waals surface area contributed by atoms with Crippen LogP contribution in [0.5, 0.6) is 11.5 Å². The maximum Gasteiger partial charge on any atom is 0.198 e. The fraction of sp³-hybridized carbons (Fsp3) is 0.156. The van der Waals surface area contributed by atoms with Crippen LogP contribution in [0.1, 0.15) is 62.8 Å². The van der Waals surface area contributed by atoms with Gasteiger partial charge in [-0.15, -0.1) is 11.3 Å². The van der Waals surface area contributed by atoms with E-state index in [1.54, 1.807) is 11.8 Å². The Morgan fingerprint density at radius 3 is 2.15 bits per heavy atom. The number of furan rings is 1. The number of nitrogens with zero attached hydrogens (tertiary/aromatic N) is 1. The third kappa shape index (κ3) is 6.73. The van der Waals surface area contributed by atoms with Crippen LogP contribution in [0.3, 0.4) is 0 Å². The number of hydrogen-bond acceptors (Lipinski definition) is 6. The molecule has 0 atom stereocenters. The molecule has 7 heteroatoms. The van der Waals surface area contributed by atoms with Gasteiger partial charge in [-0.05, 0) is 138 Å². The van der Waals surface area contributed by atoms with Crippen LogP contribution in [0.4, 0.5) is 28.4 Å². The Bertz CT molecular complexity index is 4050. The van der Waals surface area contributed by atoms with Gasteiger partial charge in [0.1, 0.15) is 22.7 Å². The Morgan fingerprint density at radius 2 is 1.31 bits per heavy atom. The highest BCUT2D eigenvalue weighted by molar-refractivity contribution is 7.99. The number of ether oxygens (including phenoxy) is 1. The number of fused-ring (bicyclic) bond motifs is 11. The van der Waals surface area contributed by atoms with Crippen LogP contribution in [0.15, 0.2) is 178 Å². The molecule has 1 aliphatic carbocycles. The Hall–Kier alpha value is -7.19. The lowest BCUT2D eigenvalue weighted by Crippen LogP contribution is -2.41. The van der Waals surface area contributed by atoms with Crippen molar-refractivity contribution in [2.24, 2.45) is 0 Å². The molecule has 4 heterocycles. The van der Waals surface area contributed by atoms with Gasteiger partial charge in [-0.25, -0.2) is 0 Å². The van der Waals surface area contributed by atoms with Crippen LogP contribution in [-0.4, -0.2) is 7.28 Å². The van der Waals surface area contributed by atoms with Crippen molar-refractivity contribution in [3.63, 3.8) is 0 Å². The SMILES string of the molecule is Cc1ccc(Nc2cc3c(cc2-c2c4c(cc5oc6ccccc6c25)N(c2cc5c(cc2C)C(C)(C)CCC5(C)C)c2cc5c(cc2[B]4)Oc2ccccc2S5)sc2ccccc23)c(-c2ccccc2)c1. The molecule has 1 radical (unpaired) electrons. The number of benzene rings is 9. The van der Waals surface area contributed by atoms with Gasteiger partial charge >= 0.3 is 0 Å². The molecule has 0 saturated carbocycles. The smallest absolute Gasteiger partial charge is 0.198 e. The minimum atomic E-state index is 0.00674. The summed E-state index contributed by atoms with van der Waals surface area (Å²) in [6, 6.07) is 60.1. The van der Waals surface area contributed by atoms with Gasteiger partial charge in [0.2, 0.25) is 0 Å². The van der Waals surface area contributed by atoms with E-state index in [2.05, 4.69) is 223 Å². The first kappa shape index (κ1) is 42.7. The van der Waals surface area contributed by atoms with Gasteiger partial charge in [0.25, 0.3) is 0 Å². The van der Waals surface area contributed by atoms with E-state index in [0.717, 1.165) is 106 Å². The van der Waals surface area contributed by atoms with E-state index in [4.69, 9.17) is 9.15 Å². The normalized spacial score (nSPS) is 15.2. The number of aryl methyl sites for hydroxylation is 2. The molecular formula is C64H50BN2O2S2. The lowest BCUT2D eigenvalue weighted by atomic mass is 9.57. The number of para-hydroxylation sites is 2. The molecule has 0 fully saturated rings. The molecule has 1 N–H and O–H groups in total. The van der Waals surface area contributed by atoms with Crippen molar-refractivity contribution in [3.05, 3.63) is 186 Å². The Morgan fingerprint density at radius 1 is 0.563 bits per heavy atom. The Kier molecular flexibility index (Phi) is 9.41. The molecule has 0 unspecified atom stereocenters. The standard InChI is InChI=1S/C64H50BN2O2S2/c1-36-24-25-47(41(28-36)38-16-8-7-9-17-38)66-48-30-42-39-18-11-14-22-56(39)70-58(42)31-43(48)61-60-40-19-10-12-20-52(40)68-55(60)34-51-62(61)65-46-33-54-59(71-57-23-15-13-21-53(57)69-54)35-50(46)67(51)49-32-45-44(29-37(49)2)63(3,4)26-27-64(45,5)6/h7-25,28-35,66H,26-27H2,1-6H3. The lowest BCUT2D eigenvalue weighted by molar-refractivity contribution is 0.332. The van der Waals surface area contributed by atoms with Gasteiger partial charge in [0.05, 0.1) is 9.79 Å². The summed E-state index contributed by atoms with van der Waals surface area (Å²) in [4.78, 5) is 4.77. The van der Waals surface area contributed by atoms with Crippen LogP contribution in [0, 0.1) is 13.8 Å². The summed E-state index contributed by atoms with van der Waals surface area (Å²) in [6.07, 6.45) is 2.29. The fourth-order valence-corrected chi connectivity index (χ4v) is 13.8. The average molecular weight is 954 g/mol. The minimum Gasteiger partial charge on any atom is -0.456 e. The van der Waals surface area contributed by atoms with Crippen molar-refractivity contribution in [1.82, 2.24) is 0 Å². The van der Waals surface area contributed by atoms with Crippen LogP contribution in [0.2, 0.25) is 0 Å². The zero-order valence-corrected chi connectivity index (χ0v) is 42.3. The summed E-state index contributed by atoms with van der Waals surface area (Å²) in [7, 11) is 2.42. The molecule has 0 bridgehead atoms. The van der Waals surface area contributed by atoms with Crippen molar-refractivity contribution in [2.45, 2.75) is 75.0 Å². The van der Waals surface area contributed by atoms with E-state index < -0.39 is 0 Å². The minimum absolute atomic E-state index is 0.00674. The lowest BCUT2D eigenvalue weighted by Gasteiger charge is -2.44. The van der Waals surface area contributed by atoms with Crippen molar-refractivity contribution in [2.75, 3.05) is 10.2 Å². The number of nitrogens with one attached hydrogen (secondary N) is 1. The van der Waals surface area contributed by atoms with Crippen molar-refractivity contribution < 1.29 is 9.15 Å². The zero-order chi connectivity index (χ0) is 47.9. The second kappa shape index (κ2) is 15.7. The van der Waals surface area contributed by atoms with E-state index in [1.807, 2.05) is 11.3 Å². The molecule has 11 aromatic rings. The third-order valence-electron chi connectivity index (χ3n) is 15.6. The van der Waals surface area contributed by atoms with Crippen LogP contribution >= 0.6 is 23.1 Å². The number of thiophene rings is 1. The van der Waals surface area contributed by atoms with Crippen molar-refractivity contribution >= 4 is 112 Å². The van der Waals surface area contributed by atoms with E-state index >= 15 is 0 Å². The van der Waals surface area contributed by atoms with E-state index in [9.17, 15) is 0 Å². The monoisotopic (exact) mass is 953 g/mol. The molecule has 14 rings (SSSR count). The second-order valence-corrected chi connectivity index (χ2v) is 23.3. The van der Waals surface area contributed by atoms with Gasteiger partial charge in [-0.2, -0.15) is 0 Å². The highest BCUT2D eigenvalue weighted by atomic mass is 32.2.